The molecule has 0 spiro atoms. The van der Waals surface area contributed by atoms with Crippen LogP contribution in [0, 0.1) is 11.8 Å². The average Bonchev–Trinajstić information content (AvgIpc) is 2.38. The van der Waals surface area contributed by atoms with Gasteiger partial charge in [-0.15, -0.1) is 0 Å². The van der Waals surface area contributed by atoms with Gasteiger partial charge in [0.25, 0.3) is 0 Å². The van der Waals surface area contributed by atoms with Crippen molar-refractivity contribution >= 4 is 0 Å². The van der Waals surface area contributed by atoms with Crippen LogP contribution in [0.4, 0.5) is 0 Å². The number of nitrogens with zero attached hydrogens (tertiary/aromatic N) is 2. The number of likely N-dealkylation sites (tertiary alicyclic amines) is 2. The minimum absolute atomic E-state index is 0.830. The second-order valence-electron chi connectivity index (χ2n) is 6.75. The first-order valence-corrected chi connectivity index (χ1v) is 7.97. The number of allylic oxidation sites excluding steroid dienone is 3. The molecule has 2 heteroatoms. The molecule has 2 saturated heterocycles. The first-order chi connectivity index (χ1) is 9.51. The molecule has 2 aliphatic heterocycles. The molecule has 2 heterocycles. The van der Waals surface area contributed by atoms with E-state index in [4.69, 9.17) is 0 Å². The van der Waals surface area contributed by atoms with Gasteiger partial charge in [-0.3, -0.25) is 0 Å². The largest absolute Gasteiger partial charge is 0.371 e. The Balaban J connectivity index is 1.81. The molecule has 0 atom stereocenters. The van der Waals surface area contributed by atoms with Crippen LogP contribution in [0.25, 0.3) is 0 Å². The highest BCUT2D eigenvalue weighted by atomic mass is 15.2. The Hall–Kier alpha value is -1.02. The number of rotatable bonds is 5. The Labute approximate surface area is 124 Å². The fourth-order valence-electron chi connectivity index (χ4n) is 3.23. The standard InChI is InChI=1S/C18H30N2/c1-6-18(16(5)14(2)3)20-12-17(13-20)11-19-9-7-15(4)8-10-19/h6,15,17H,1-2,7-13H2,3-5H3/b18-16+. The molecule has 0 unspecified atom stereocenters. The van der Waals surface area contributed by atoms with Gasteiger partial charge in [-0.25, -0.2) is 0 Å². The Morgan fingerprint density at radius 2 is 1.80 bits per heavy atom. The van der Waals surface area contributed by atoms with E-state index >= 15 is 0 Å². The summed E-state index contributed by atoms with van der Waals surface area (Å²) in [5.41, 5.74) is 3.71. The second-order valence-corrected chi connectivity index (χ2v) is 6.75. The number of hydrogen-bond donors (Lipinski definition) is 0. The lowest BCUT2D eigenvalue weighted by Gasteiger charge is -2.45. The van der Waals surface area contributed by atoms with E-state index in [0.29, 0.717) is 0 Å². The van der Waals surface area contributed by atoms with Crippen LogP contribution < -0.4 is 0 Å². The summed E-state index contributed by atoms with van der Waals surface area (Å²) in [5.74, 6) is 1.76. The molecule has 2 rings (SSSR count). The molecule has 0 aromatic carbocycles. The van der Waals surface area contributed by atoms with Crippen molar-refractivity contribution in [3.05, 3.63) is 36.1 Å². The smallest absolute Gasteiger partial charge is 0.0392 e. The Morgan fingerprint density at radius 1 is 1.20 bits per heavy atom. The zero-order chi connectivity index (χ0) is 14.7. The lowest BCUT2D eigenvalue weighted by molar-refractivity contribution is 0.0827. The SMILES string of the molecule is C=C/C(=C(/C)C(=C)C)N1CC(CN2CCC(C)CC2)C1. The zero-order valence-corrected chi connectivity index (χ0v) is 13.5. The van der Waals surface area contributed by atoms with Gasteiger partial charge in [0.05, 0.1) is 0 Å². The lowest BCUT2D eigenvalue weighted by atomic mass is 9.94. The van der Waals surface area contributed by atoms with Crippen LogP contribution in [0.2, 0.25) is 0 Å². The summed E-state index contributed by atoms with van der Waals surface area (Å²) in [6, 6.07) is 0. The highest BCUT2D eigenvalue weighted by Crippen LogP contribution is 2.27. The van der Waals surface area contributed by atoms with E-state index in [1.165, 1.54) is 56.8 Å². The minimum Gasteiger partial charge on any atom is -0.371 e. The molecule has 0 aromatic heterocycles. The van der Waals surface area contributed by atoms with Gasteiger partial charge >= 0.3 is 0 Å². The summed E-state index contributed by atoms with van der Waals surface area (Å²) < 4.78 is 0. The van der Waals surface area contributed by atoms with Crippen LogP contribution in [-0.4, -0.2) is 42.5 Å². The molecule has 0 radical (unpaired) electrons. The highest BCUT2D eigenvalue weighted by molar-refractivity contribution is 5.35. The first-order valence-electron chi connectivity index (χ1n) is 7.97. The predicted molar refractivity (Wildman–Crippen MR) is 87.6 cm³/mol. The van der Waals surface area contributed by atoms with E-state index in [0.717, 1.165) is 17.4 Å². The third-order valence-corrected chi connectivity index (χ3v) is 4.91. The van der Waals surface area contributed by atoms with E-state index < -0.39 is 0 Å². The highest BCUT2D eigenvalue weighted by Gasteiger charge is 2.30. The maximum absolute atomic E-state index is 4.04. The molecule has 0 aromatic rings. The monoisotopic (exact) mass is 274 g/mol. The van der Waals surface area contributed by atoms with E-state index in [2.05, 4.69) is 43.7 Å². The maximum atomic E-state index is 4.04. The molecular formula is C18H30N2. The maximum Gasteiger partial charge on any atom is 0.0392 e. The molecule has 2 nitrogen and oxygen atoms in total. The Bertz CT molecular complexity index is 394. The molecule has 2 aliphatic rings. The van der Waals surface area contributed by atoms with Gasteiger partial charge in [-0.05, 0) is 57.3 Å². The van der Waals surface area contributed by atoms with Crippen LogP contribution in [0.3, 0.4) is 0 Å². The van der Waals surface area contributed by atoms with Gasteiger partial charge < -0.3 is 9.80 Å². The number of hydrogen-bond acceptors (Lipinski definition) is 2. The van der Waals surface area contributed by atoms with Gasteiger partial charge in [0.1, 0.15) is 0 Å². The van der Waals surface area contributed by atoms with E-state index in [-0.39, 0.29) is 0 Å². The van der Waals surface area contributed by atoms with Crippen molar-refractivity contribution in [2.24, 2.45) is 11.8 Å². The summed E-state index contributed by atoms with van der Waals surface area (Å²) >= 11 is 0. The molecule has 0 N–H and O–H groups in total. The molecule has 0 amide bonds. The fraction of sp³-hybridized carbons (Fsp3) is 0.667. The molecule has 0 bridgehead atoms. The summed E-state index contributed by atoms with van der Waals surface area (Å²) in [5, 5.41) is 0. The molecular weight excluding hydrogens is 244 g/mol. The van der Waals surface area contributed by atoms with Crippen molar-refractivity contribution in [1.29, 1.82) is 0 Å². The van der Waals surface area contributed by atoms with Crippen LogP contribution >= 0.6 is 0 Å². The van der Waals surface area contributed by atoms with Gasteiger partial charge in [0, 0.05) is 31.2 Å². The Morgan fingerprint density at radius 3 is 2.30 bits per heavy atom. The van der Waals surface area contributed by atoms with Crippen molar-refractivity contribution in [1.82, 2.24) is 9.80 Å². The fourth-order valence-corrected chi connectivity index (χ4v) is 3.23. The van der Waals surface area contributed by atoms with Crippen LogP contribution in [0.5, 0.6) is 0 Å². The third kappa shape index (κ3) is 3.54. The molecule has 0 aliphatic carbocycles. The minimum atomic E-state index is 0.830. The average molecular weight is 274 g/mol. The van der Waals surface area contributed by atoms with Gasteiger partial charge in [-0.1, -0.05) is 25.7 Å². The molecule has 112 valence electrons. The van der Waals surface area contributed by atoms with Gasteiger partial charge in [0.15, 0.2) is 0 Å². The van der Waals surface area contributed by atoms with E-state index in [1.807, 2.05) is 6.08 Å². The zero-order valence-electron chi connectivity index (χ0n) is 13.5. The quantitative estimate of drug-likeness (QED) is 0.706. The molecule has 20 heavy (non-hydrogen) atoms. The topological polar surface area (TPSA) is 6.48 Å². The lowest BCUT2D eigenvalue weighted by Crippen LogP contribution is -2.51. The van der Waals surface area contributed by atoms with Crippen LogP contribution in [0.1, 0.15) is 33.6 Å². The number of piperidine rings is 1. The second kappa shape index (κ2) is 6.62. The molecule has 2 fully saturated rings. The van der Waals surface area contributed by atoms with E-state index in [9.17, 15) is 0 Å². The van der Waals surface area contributed by atoms with Crippen LogP contribution in [-0.2, 0) is 0 Å². The summed E-state index contributed by atoms with van der Waals surface area (Å²) in [7, 11) is 0. The van der Waals surface area contributed by atoms with Crippen LogP contribution in [0.15, 0.2) is 36.1 Å². The van der Waals surface area contributed by atoms with Gasteiger partial charge in [0.2, 0.25) is 0 Å². The summed E-state index contributed by atoms with van der Waals surface area (Å²) in [4.78, 5) is 5.11. The first kappa shape index (κ1) is 15.4. The Kier molecular flexibility index (Phi) is 5.09. The predicted octanol–water partition coefficient (Wildman–Crippen LogP) is 3.69. The normalized spacial score (nSPS) is 23.2. The van der Waals surface area contributed by atoms with Crippen molar-refractivity contribution in [2.45, 2.75) is 33.6 Å². The summed E-state index contributed by atoms with van der Waals surface area (Å²) in [6.07, 6.45) is 4.74. The molecule has 0 saturated carbocycles. The van der Waals surface area contributed by atoms with Crippen molar-refractivity contribution in [3.8, 4) is 0 Å². The van der Waals surface area contributed by atoms with Gasteiger partial charge in [-0.2, -0.15) is 0 Å². The van der Waals surface area contributed by atoms with Crippen molar-refractivity contribution in [3.63, 3.8) is 0 Å². The van der Waals surface area contributed by atoms with E-state index in [1.54, 1.807) is 0 Å². The third-order valence-electron chi connectivity index (χ3n) is 4.91. The van der Waals surface area contributed by atoms with Crippen molar-refractivity contribution < 1.29 is 0 Å². The van der Waals surface area contributed by atoms with Crippen molar-refractivity contribution in [2.75, 3.05) is 32.7 Å². The summed E-state index contributed by atoms with van der Waals surface area (Å²) in [6.45, 7) is 20.8.